The lowest BCUT2D eigenvalue weighted by Gasteiger charge is -2.12. The van der Waals surface area contributed by atoms with E-state index in [2.05, 4.69) is 15.6 Å². The van der Waals surface area contributed by atoms with Crippen molar-refractivity contribution in [3.8, 4) is 11.3 Å². The van der Waals surface area contributed by atoms with Gasteiger partial charge >= 0.3 is 0 Å². The van der Waals surface area contributed by atoms with Crippen molar-refractivity contribution >= 4 is 11.6 Å². The number of nitrogens with zero attached hydrogens (tertiary/aromatic N) is 3. The fourth-order valence-corrected chi connectivity index (χ4v) is 2.46. The standard InChI is InChI=1S/C12H13ClN4/c13-11-4-2-1-3-10(11)12-8-15-16-17(12)9-5-6-14-7-9/h1-4,8-9,14H,5-7H2. The average Bonchev–Trinajstić information content (AvgIpc) is 3.00. The van der Waals surface area contributed by atoms with Crippen LogP contribution in [0.25, 0.3) is 11.3 Å². The quantitative estimate of drug-likeness (QED) is 0.886. The Morgan fingerprint density at radius 3 is 3.00 bits per heavy atom. The molecule has 0 saturated carbocycles. The summed E-state index contributed by atoms with van der Waals surface area (Å²) in [7, 11) is 0. The Hall–Kier alpha value is -1.39. The highest BCUT2D eigenvalue weighted by molar-refractivity contribution is 6.33. The molecule has 1 unspecified atom stereocenters. The molecule has 1 aliphatic heterocycles. The molecule has 2 heterocycles. The summed E-state index contributed by atoms with van der Waals surface area (Å²) < 4.78 is 1.97. The molecule has 88 valence electrons. The molecule has 0 radical (unpaired) electrons. The first kappa shape index (κ1) is 10.7. The van der Waals surface area contributed by atoms with Gasteiger partial charge in [-0.05, 0) is 19.0 Å². The maximum absolute atomic E-state index is 6.21. The summed E-state index contributed by atoms with van der Waals surface area (Å²) in [6.07, 6.45) is 2.86. The Morgan fingerprint density at radius 1 is 1.35 bits per heavy atom. The largest absolute Gasteiger partial charge is 0.315 e. The van der Waals surface area contributed by atoms with Gasteiger partial charge in [0.15, 0.2) is 0 Å². The van der Waals surface area contributed by atoms with Gasteiger partial charge in [0.25, 0.3) is 0 Å². The number of nitrogens with one attached hydrogen (secondary N) is 1. The van der Waals surface area contributed by atoms with Crippen molar-refractivity contribution in [1.82, 2.24) is 20.3 Å². The van der Waals surface area contributed by atoms with E-state index in [0.717, 1.165) is 35.8 Å². The first-order valence-electron chi connectivity index (χ1n) is 5.72. The van der Waals surface area contributed by atoms with Crippen LogP contribution in [0.1, 0.15) is 12.5 Å². The summed E-state index contributed by atoms with van der Waals surface area (Å²) in [5.41, 5.74) is 1.98. The maximum Gasteiger partial charge on any atom is 0.0904 e. The Labute approximate surface area is 105 Å². The van der Waals surface area contributed by atoms with Gasteiger partial charge < -0.3 is 5.32 Å². The van der Waals surface area contributed by atoms with Gasteiger partial charge in [0, 0.05) is 12.1 Å². The summed E-state index contributed by atoms with van der Waals surface area (Å²) in [6, 6.07) is 8.17. The third-order valence-electron chi connectivity index (χ3n) is 3.10. The lowest BCUT2D eigenvalue weighted by molar-refractivity contribution is 0.481. The van der Waals surface area contributed by atoms with E-state index in [1.807, 2.05) is 28.9 Å². The zero-order valence-corrected chi connectivity index (χ0v) is 10.1. The molecule has 1 aliphatic rings. The van der Waals surface area contributed by atoms with Gasteiger partial charge in [-0.3, -0.25) is 0 Å². The van der Waals surface area contributed by atoms with E-state index in [0.29, 0.717) is 6.04 Å². The molecule has 1 saturated heterocycles. The smallest absolute Gasteiger partial charge is 0.0904 e. The number of benzene rings is 1. The van der Waals surface area contributed by atoms with E-state index in [4.69, 9.17) is 11.6 Å². The molecule has 2 aromatic rings. The van der Waals surface area contributed by atoms with Crippen LogP contribution < -0.4 is 5.32 Å². The van der Waals surface area contributed by atoms with Gasteiger partial charge in [0.05, 0.1) is 23.0 Å². The molecule has 5 heteroatoms. The highest BCUT2D eigenvalue weighted by Crippen LogP contribution is 2.29. The van der Waals surface area contributed by atoms with Crippen LogP contribution in [-0.2, 0) is 0 Å². The SMILES string of the molecule is Clc1ccccc1-c1cnnn1C1CCNC1. The van der Waals surface area contributed by atoms with Gasteiger partial charge in [-0.1, -0.05) is 35.0 Å². The molecular formula is C12H13ClN4. The van der Waals surface area contributed by atoms with Gasteiger partial charge in [0.1, 0.15) is 0 Å². The first-order valence-corrected chi connectivity index (χ1v) is 6.10. The van der Waals surface area contributed by atoms with Crippen LogP contribution in [0.5, 0.6) is 0 Å². The molecule has 0 spiro atoms. The minimum atomic E-state index is 0.378. The molecule has 4 nitrogen and oxygen atoms in total. The number of aromatic nitrogens is 3. The molecule has 1 fully saturated rings. The van der Waals surface area contributed by atoms with Crippen molar-refractivity contribution in [3.63, 3.8) is 0 Å². The molecular weight excluding hydrogens is 236 g/mol. The van der Waals surface area contributed by atoms with Gasteiger partial charge in [-0.25, -0.2) is 4.68 Å². The third-order valence-corrected chi connectivity index (χ3v) is 3.43. The van der Waals surface area contributed by atoms with E-state index in [-0.39, 0.29) is 0 Å². The lowest BCUT2D eigenvalue weighted by atomic mass is 10.1. The van der Waals surface area contributed by atoms with E-state index >= 15 is 0 Å². The third kappa shape index (κ3) is 1.94. The van der Waals surface area contributed by atoms with E-state index in [1.165, 1.54) is 0 Å². The summed E-state index contributed by atoms with van der Waals surface area (Å²) in [5.74, 6) is 0. The topological polar surface area (TPSA) is 42.7 Å². The Bertz CT molecular complexity index is 517. The van der Waals surface area contributed by atoms with Crippen LogP contribution in [0.3, 0.4) is 0 Å². The molecule has 17 heavy (non-hydrogen) atoms. The van der Waals surface area contributed by atoms with Crippen molar-refractivity contribution in [1.29, 1.82) is 0 Å². The zero-order chi connectivity index (χ0) is 11.7. The van der Waals surface area contributed by atoms with Crippen LogP contribution in [0.4, 0.5) is 0 Å². The monoisotopic (exact) mass is 248 g/mol. The fraction of sp³-hybridized carbons (Fsp3) is 0.333. The van der Waals surface area contributed by atoms with E-state index < -0.39 is 0 Å². The van der Waals surface area contributed by atoms with Crippen LogP contribution in [0.2, 0.25) is 5.02 Å². The minimum Gasteiger partial charge on any atom is -0.315 e. The predicted molar refractivity (Wildman–Crippen MR) is 67.0 cm³/mol. The van der Waals surface area contributed by atoms with Crippen molar-refractivity contribution in [3.05, 3.63) is 35.5 Å². The second-order valence-corrected chi connectivity index (χ2v) is 4.60. The van der Waals surface area contributed by atoms with Gasteiger partial charge in [0.2, 0.25) is 0 Å². The highest BCUT2D eigenvalue weighted by Gasteiger charge is 2.21. The molecule has 1 atom stereocenters. The number of rotatable bonds is 2. The van der Waals surface area contributed by atoms with Crippen molar-refractivity contribution < 1.29 is 0 Å². The van der Waals surface area contributed by atoms with Crippen molar-refractivity contribution in [2.75, 3.05) is 13.1 Å². The molecule has 1 aromatic heterocycles. The Kier molecular flexibility index (Phi) is 2.82. The van der Waals surface area contributed by atoms with E-state index in [9.17, 15) is 0 Å². The van der Waals surface area contributed by atoms with Crippen LogP contribution in [-0.4, -0.2) is 28.1 Å². The zero-order valence-electron chi connectivity index (χ0n) is 9.31. The molecule has 1 aromatic carbocycles. The van der Waals surface area contributed by atoms with Crippen molar-refractivity contribution in [2.24, 2.45) is 0 Å². The number of hydrogen-bond donors (Lipinski definition) is 1. The maximum atomic E-state index is 6.21. The molecule has 0 bridgehead atoms. The Balaban J connectivity index is 2.04. The fourth-order valence-electron chi connectivity index (χ4n) is 2.22. The number of halogens is 1. The molecule has 0 aliphatic carbocycles. The van der Waals surface area contributed by atoms with Crippen LogP contribution >= 0.6 is 11.6 Å². The first-order chi connectivity index (χ1) is 8.36. The minimum absolute atomic E-state index is 0.378. The number of hydrogen-bond acceptors (Lipinski definition) is 3. The van der Waals surface area contributed by atoms with Crippen LogP contribution in [0, 0.1) is 0 Å². The normalized spacial score (nSPS) is 19.7. The molecule has 1 N–H and O–H groups in total. The summed E-state index contributed by atoms with van der Waals surface area (Å²) >= 11 is 6.21. The molecule has 3 rings (SSSR count). The lowest BCUT2D eigenvalue weighted by Crippen LogP contribution is -2.15. The highest BCUT2D eigenvalue weighted by atomic mass is 35.5. The summed E-state index contributed by atoms with van der Waals surface area (Å²) in [5, 5.41) is 12.3. The average molecular weight is 249 g/mol. The van der Waals surface area contributed by atoms with Gasteiger partial charge in [-0.2, -0.15) is 0 Å². The predicted octanol–water partition coefficient (Wildman–Crippen LogP) is 2.13. The van der Waals surface area contributed by atoms with Gasteiger partial charge in [-0.15, -0.1) is 5.10 Å². The second-order valence-electron chi connectivity index (χ2n) is 4.19. The summed E-state index contributed by atoms with van der Waals surface area (Å²) in [6.45, 7) is 1.98. The summed E-state index contributed by atoms with van der Waals surface area (Å²) in [4.78, 5) is 0. The second kappa shape index (κ2) is 4.47. The molecule has 0 amide bonds. The Morgan fingerprint density at radius 2 is 2.24 bits per heavy atom. The van der Waals surface area contributed by atoms with Crippen molar-refractivity contribution in [2.45, 2.75) is 12.5 Å². The van der Waals surface area contributed by atoms with Crippen LogP contribution in [0.15, 0.2) is 30.5 Å². The van der Waals surface area contributed by atoms with E-state index in [1.54, 1.807) is 6.20 Å².